The summed E-state index contributed by atoms with van der Waals surface area (Å²) in [5.74, 6) is 1.15. The number of aromatic nitrogens is 6. The number of hydrogen-bond acceptors (Lipinski definition) is 5. The minimum Gasteiger partial charge on any atom is -0.354 e. The second-order valence-electron chi connectivity index (χ2n) is 4.40. The number of imidazole rings is 1. The van der Waals surface area contributed by atoms with Crippen molar-refractivity contribution in [3.05, 3.63) is 22.7 Å². The molecule has 104 valence electrons. The van der Waals surface area contributed by atoms with E-state index in [0.717, 1.165) is 23.4 Å². The summed E-state index contributed by atoms with van der Waals surface area (Å²) in [6.45, 7) is 6.48. The molecule has 0 amide bonds. The molecule has 0 saturated carbocycles. The maximum atomic E-state index is 6.21. The van der Waals surface area contributed by atoms with Gasteiger partial charge in [0, 0.05) is 6.54 Å². The summed E-state index contributed by atoms with van der Waals surface area (Å²) in [6, 6.07) is 0. The van der Waals surface area contributed by atoms with E-state index in [4.69, 9.17) is 11.6 Å². The molecule has 0 spiro atoms. The number of anilines is 1. The average Bonchev–Trinajstić information content (AvgIpc) is 2.99. The molecule has 0 bridgehead atoms. The standard InChI is InChI=1S/C12H14ClN7/c1-4-14-12-17-10-9(15-5-16-10)11(18-12)20-7(3)8(13)6(2)19-20/h5H,4H2,1-3H3,(H2,14,15,16,17,18). The van der Waals surface area contributed by atoms with Crippen molar-refractivity contribution < 1.29 is 0 Å². The monoisotopic (exact) mass is 291 g/mol. The second kappa shape index (κ2) is 4.75. The highest BCUT2D eigenvalue weighted by Gasteiger charge is 2.17. The summed E-state index contributed by atoms with van der Waals surface area (Å²) < 4.78 is 1.71. The predicted octanol–water partition coefficient (Wildman–Crippen LogP) is 2.24. The van der Waals surface area contributed by atoms with Gasteiger partial charge in [-0.3, -0.25) is 0 Å². The van der Waals surface area contributed by atoms with Gasteiger partial charge in [0.25, 0.3) is 0 Å². The van der Waals surface area contributed by atoms with Gasteiger partial charge in [-0.1, -0.05) is 11.6 Å². The van der Waals surface area contributed by atoms with Gasteiger partial charge in [-0.05, 0) is 20.8 Å². The Morgan fingerprint density at radius 1 is 1.35 bits per heavy atom. The molecule has 0 fully saturated rings. The van der Waals surface area contributed by atoms with Crippen molar-refractivity contribution in [1.29, 1.82) is 0 Å². The van der Waals surface area contributed by atoms with Crippen LogP contribution in [0.1, 0.15) is 18.3 Å². The summed E-state index contributed by atoms with van der Waals surface area (Å²) in [7, 11) is 0. The van der Waals surface area contributed by atoms with Crippen LogP contribution in [0.25, 0.3) is 17.0 Å². The molecule has 0 aromatic carbocycles. The van der Waals surface area contributed by atoms with E-state index < -0.39 is 0 Å². The Balaban J connectivity index is 2.28. The van der Waals surface area contributed by atoms with Crippen LogP contribution in [0, 0.1) is 13.8 Å². The molecule has 7 nitrogen and oxygen atoms in total. The van der Waals surface area contributed by atoms with Crippen molar-refractivity contribution in [3.8, 4) is 5.82 Å². The van der Waals surface area contributed by atoms with Crippen LogP contribution in [-0.4, -0.2) is 36.3 Å². The van der Waals surface area contributed by atoms with Gasteiger partial charge in [-0.15, -0.1) is 0 Å². The normalized spacial score (nSPS) is 11.2. The Bertz CT molecular complexity index is 774. The number of nitrogens with one attached hydrogen (secondary N) is 2. The zero-order chi connectivity index (χ0) is 14.3. The third-order valence-electron chi connectivity index (χ3n) is 3.01. The van der Waals surface area contributed by atoms with E-state index in [2.05, 4.69) is 30.4 Å². The molecular weight excluding hydrogens is 278 g/mol. The summed E-state index contributed by atoms with van der Waals surface area (Å²) >= 11 is 6.21. The molecule has 2 N–H and O–H groups in total. The highest BCUT2D eigenvalue weighted by molar-refractivity contribution is 6.31. The fourth-order valence-electron chi connectivity index (χ4n) is 2.04. The summed E-state index contributed by atoms with van der Waals surface area (Å²) in [5, 5.41) is 8.16. The van der Waals surface area contributed by atoms with Crippen LogP contribution in [0.4, 0.5) is 5.95 Å². The number of nitrogens with zero attached hydrogens (tertiary/aromatic N) is 5. The molecular formula is C12H14ClN7. The third-order valence-corrected chi connectivity index (χ3v) is 3.55. The lowest BCUT2D eigenvalue weighted by Gasteiger charge is -2.07. The zero-order valence-electron chi connectivity index (χ0n) is 11.4. The maximum Gasteiger partial charge on any atom is 0.226 e. The molecule has 0 aliphatic heterocycles. The number of aromatic amines is 1. The molecule has 0 aliphatic rings. The van der Waals surface area contributed by atoms with Gasteiger partial charge >= 0.3 is 0 Å². The zero-order valence-corrected chi connectivity index (χ0v) is 12.2. The van der Waals surface area contributed by atoms with E-state index in [1.165, 1.54) is 0 Å². The second-order valence-corrected chi connectivity index (χ2v) is 4.78. The number of aryl methyl sites for hydroxylation is 1. The molecule has 8 heteroatoms. The van der Waals surface area contributed by atoms with Crippen molar-refractivity contribution >= 4 is 28.7 Å². The molecule has 3 aromatic heterocycles. The Morgan fingerprint density at radius 3 is 2.80 bits per heavy atom. The number of rotatable bonds is 3. The van der Waals surface area contributed by atoms with Crippen molar-refractivity contribution in [2.75, 3.05) is 11.9 Å². The van der Waals surface area contributed by atoms with E-state index >= 15 is 0 Å². The fraction of sp³-hybridized carbons (Fsp3) is 0.333. The van der Waals surface area contributed by atoms with Crippen LogP contribution in [-0.2, 0) is 0 Å². The Kier molecular flexibility index (Phi) is 3.06. The quantitative estimate of drug-likeness (QED) is 0.773. The van der Waals surface area contributed by atoms with Crippen LogP contribution < -0.4 is 5.32 Å². The van der Waals surface area contributed by atoms with Crippen molar-refractivity contribution in [2.45, 2.75) is 20.8 Å². The number of fused-ring (bicyclic) bond motifs is 1. The van der Waals surface area contributed by atoms with Gasteiger partial charge in [-0.2, -0.15) is 15.1 Å². The molecule has 20 heavy (non-hydrogen) atoms. The van der Waals surface area contributed by atoms with Crippen LogP contribution in [0.2, 0.25) is 5.02 Å². The third kappa shape index (κ3) is 1.90. The molecule has 0 unspecified atom stereocenters. The van der Waals surface area contributed by atoms with E-state index in [9.17, 15) is 0 Å². The van der Waals surface area contributed by atoms with Crippen molar-refractivity contribution in [3.63, 3.8) is 0 Å². The summed E-state index contributed by atoms with van der Waals surface area (Å²) in [5.41, 5.74) is 2.92. The molecule has 3 rings (SSSR count). The molecule has 0 saturated heterocycles. The van der Waals surface area contributed by atoms with E-state index in [1.807, 2.05) is 20.8 Å². The van der Waals surface area contributed by atoms with Crippen LogP contribution in [0.15, 0.2) is 6.33 Å². The smallest absolute Gasteiger partial charge is 0.226 e. The minimum atomic E-state index is 0.519. The maximum absolute atomic E-state index is 6.21. The Morgan fingerprint density at radius 2 is 2.15 bits per heavy atom. The lowest BCUT2D eigenvalue weighted by atomic mass is 10.4. The Hall–Kier alpha value is -2.15. The lowest BCUT2D eigenvalue weighted by molar-refractivity contribution is 0.808. The van der Waals surface area contributed by atoms with E-state index in [1.54, 1.807) is 11.0 Å². The van der Waals surface area contributed by atoms with Gasteiger partial charge in [-0.25, -0.2) is 9.67 Å². The topological polar surface area (TPSA) is 84.3 Å². The predicted molar refractivity (Wildman–Crippen MR) is 77.5 cm³/mol. The number of halogens is 1. The summed E-state index contributed by atoms with van der Waals surface area (Å²) in [4.78, 5) is 16.1. The first-order valence-electron chi connectivity index (χ1n) is 6.29. The van der Waals surface area contributed by atoms with Gasteiger partial charge in [0.1, 0.15) is 5.52 Å². The summed E-state index contributed by atoms with van der Waals surface area (Å²) in [6.07, 6.45) is 1.59. The molecule has 0 aliphatic carbocycles. The van der Waals surface area contributed by atoms with Gasteiger partial charge in [0.05, 0.1) is 22.7 Å². The Labute approximate surface area is 120 Å². The first-order chi connectivity index (χ1) is 9.61. The number of H-pyrrole nitrogens is 1. The van der Waals surface area contributed by atoms with Crippen molar-refractivity contribution in [1.82, 2.24) is 29.7 Å². The molecule has 3 heterocycles. The fourth-order valence-corrected chi connectivity index (χ4v) is 2.16. The van der Waals surface area contributed by atoms with Gasteiger partial charge in [0.15, 0.2) is 11.5 Å². The molecule has 0 atom stereocenters. The molecule has 3 aromatic rings. The first kappa shape index (κ1) is 12.9. The SMILES string of the molecule is CCNc1nc(-n2nc(C)c(Cl)c2C)c2[nH]cnc2n1. The number of hydrogen-bond donors (Lipinski definition) is 2. The first-order valence-corrected chi connectivity index (χ1v) is 6.66. The van der Waals surface area contributed by atoms with Crippen LogP contribution in [0.5, 0.6) is 0 Å². The highest BCUT2D eigenvalue weighted by Crippen LogP contribution is 2.24. The lowest BCUT2D eigenvalue weighted by Crippen LogP contribution is -2.09. The van der Waals surface area contributed by atoms with Gasteiger partial charge < -0.3 is 10.3 Å². The van der Waals surface area contributed by atoms with Crippen LogP contribution in [0.3, 0.4) is 0 Å². The van der Waals surface area contributed by atoms with E-state index in [0.29, 0.717) is 22.4 Å². The largest absolute Gasteiger partial charge is 0.354 e. The highest BCUT2D eigenvalue weighted by atomic mass is 35.5. The molecule has 0 radical (unpaired) electrons. The van der Waals surface area contributed by atoms with E-state index in [-0.39, 0.29) is 0 Å². The van der Waals surface area contributed by atoms with Gasteiger partial charge in [0.2, 0.25) is 5.95 Å². The van der Waals surface area contributed by atoms with Crippen molar-refractivity contribution in [2.24, 2.45) is 0 Å². The minimum absolute atomic E-state index is 0.519. The average molecular weight is 292 g/mol. The van der Waals surface area contributed by atoms with Crippen LogP contribution >= 0.6 is 11.6 Å².